The maximum atomic E-state index is 12.2. The molecule has 0 aliphatic carbocycles. The predicted octanol–water partition coefficient (Wildman–Crippen LogP) is 3.87. The molecule has 0 aliphatic rings. The van der Waals surface area contributed by atoms with Crippen molar-refractivity contribution < 1.29 is 4.79 Å². The van der Waals surface area contributed by atoms with Gasteiger partial charge in [0.25, 0.3) is 0 Å². The third-order valence-corrected chi connectivity index (χ3v) is 4.73. The van der Waals surface area contributed by atoms with E-state index in [1.165, 1.54) is 11.8 Å². The Morgan fingerprint density at radius 3 is 2.73 bits per heavy atom. The Bertz CT molecular complexity index is 836. The summed E-state index contributed by atoms with van der Waals surface area (Å²) < 4.78 is 2.07. The fraction of sp³-hybridized carbons (Fsp3) is 0.263. The lowest BCUT2D eigenvalue weighted by molar-refractivity contribution is -0.113. The van der Waals surface area contributed by atoms with Crippen LogP contribution in [0.5, 0.6) is 0 Å². The van der Waals surface area contributed by atoms with Gasteiger partial charge in [0.2, 0.25) is 5.91 Å². The van der Waals surface area contributed by atoms with Gasteiger partial charge in [-0.2, -0.15) is 0 Å². The molecule has 0 fully saturated rings. The summed E-state index contributed by atoms with van der Waals surface area (Å²) >= 11 is 1.40. The first-order valence-corrected chi connectivity index (χ1v) is 9.57. The van der Waals surface area contributed by atoms with Crippen LogP contribution in [0.3, 0.4) is 0 Å². The van der Waals surface area contributed by atoms with E-state index in [9.17, 15) is 4.79 Å². The zero-order chi connectivity index (χ0) is 18.2. The van der Waals surface area contributed by atoms with Gasteiger partial charge in [0, 0.05) is 30.2 Å². The highest BCUT2D eigenvalue weighted by molar-refractivity contribution is 7.99. The third kappa shape index (κ3) is 4.70. The van der Waals surface area contributed by atoms with Crippen LogP contribution in [0.15, 0.2) is 60.0 Å². The summed E-state index contributed by atoms with van der Waals surface area (Å²) in [6, 6.07) is 13.3. The number of pyridine rings is 1. The van der Waals surface area contributed by atoms with Crippen LogP contribution in [0.2, 0.25) is 0 Å². The van der Waals surface area contributed by atoms with Gasteiger partial charge in [-0.25, -0.2) is 0 Å². The summed E-state index contributed by atoms with van der Waals surface area (Å²) in [4.78, 5) is 16.3. The summed E-state index contributed by atoms with van der Waals surface area (Å²) in [5, 5.41) is 12.3. The highest BCUT2D eigenvalue weighted by Crippen LogP contribution is 2.24. The van der Waals surface area contributed by atoms with Gasteiger partial charge in [-0.1, -0.05) is 43.3 Å². The molecule has 6 nitrogen and oxygen atoms in total. The molecule has 3 aromatic rings. The van der Waals surface area contributed by atoms with Crippen LogP contribution in [0.25, 0.3) is 11.4 Å². The molecule has 26 heavy (non-hydrogen) atoms. The Labute approximate surface area is 157 Å². The number of carbonyl (C=O) groups is 1. The quantitative estimate of drug-likeness (QED) is 0.612. The second kappa shape index (κ2) is 9.15. The van der Waals surface area contributed by atoms with Crippen LogP contribution >= 0.6 is 11.8 Å². The van der Waals surface area contributed by atoms with Gasteiger partial charge < -0.3 is 9.88 Å². The topological polar surface area (TPSA) is 72.7 Å². The molecule has 1 aromatic carbocycles. The molecule has 0 saturated heterocycles. The number of amides is 1. The Kier molecular flexibility index (Phi) is 6.38. The molecular formula is C19H21N5OS. The minimum absolute atomic E-state index is 0.0610. The normalized spacial score (nSPS) is 10.7. The summed E-state index contributed by atoms with van der Waals surface area (Å²) in [6.07, 6.45) is 5.61. The highest BCUT2D eigenvalue weighted by atomic mass is 32.2. The largest absolute Gasteiger partial charge is 0.325 e. The predicted molar refractivity (Wildman–Crippen MR) is 104 cm³/mol. The van der Waals surface area contributed by atoms with Crippen LogP contribution in [-0.2, 0) is 11.3 Å². The smallest absolute Gasteiger partial charge is 0.234 e. The molecule has 0 radical (unpaired) electrons. The zero-order valence-electron chi connectivity index (χ0n) is 14.6. The van der Waals surface area contributed by atoms with Gasteiger partial charge in [0.15, 0.2) is 11.0 Å². The van der Waals surface area contributed by atoms with Crippen LogP contribution < -0.4 is 5.32 Å². The molecule has 2 heterocycles. The number of anilines is 1. The molecule has 0 aliphatic heterocycles. The minimum atomic E-state index is -0.0610. The number of hydrogen-bond acceptors (Lipinski definition) is 5. The second-order valence-electron chi connectivity index (χ2n) is 5.76. The van der Waals surface area contributed by atoms with Crippen molar-refractivity contribution in [3.63, 3.8) is 0 Å². The lowest BCUT2D eigenvalue weighted by Crippen LogP contribution is -2.14. The van der Waals surface area contributed by atoms with Crippen molar-refractivity contribution in [1.29, 1.82) is 0 Å². The van der Waals surface area contributed by atoms with E-state index in [2.05, 4.69) is 32.0 Å². The number of para-hydroxylation sites is 1. The maximum Gasteiger partial charge on any atom is 0.234 e. The van der Waals surface area contributed by atoms with E-state index in [-0.39, 0.29) is 11.7 Å². The first-order valence-electron chi connectivity index (χ1n) is 8.59. The maximum absolute atomic E-state index is 12.2. The molecule has 1 amide bonds. The Hall–Kier alpha value is -2.67. The number of rotatable bonds is 8. The van der Waals surface area contributed by atoms with Gasteiger partial charge in [0.1, 0.15) is 0 Å². The van der Waals surface area contributed by atoms with E-state index in [1.807, 2.05) is 42.5 Å². The average Bonchev–Trinajstić information content (AvgIpc) is 3.09. The summed E-state index contributed by atoms with van der Waals surface area (Å²) in [5.74, 6) is 1.01. The molecule has 0 atom stereocenters. The Morgan fingerprint density at radius 1 is 1.15 bits per heavy atom. The molecule has 0 unspecified atom stereocenters. The number of nitrogens with zero attached hydrogens (tertiary/aromatic N) is 4. The van der Waals surface area contributed by atoms with Crippen molar-refractivity contribution >= 4 is 23.4 Å². The molecule has 7 heteroatoms. The summed E-state index contributed by atoms with van der Waals surface area (Å²) in [7, 11) is 0. The van der Waals surface area contributed by atoms with E-state index in [0.717, 1.165) is 41.6 Å². The lowest BCUT2D eigenvalue weighted by Gasteiger charge is -2.09. The standard InChI is InChI=1S/C19H21N5OS/c1-2-3-12-24-18(15-8-7-11-20-13-15)22-23-19(24)26-14-17(25)21-16-9-5-4-6-10-16/h4-11,13H,2-3,12,14H2,1H3,(H,21,25). The van der Waals surface area contributed by atoms with E-state index in [4.69, 9.17) is 0 Å². The van der Waals surface area contributed by atoms with Crippen LogP contribution in [0.1, 0.15) is 19.8 Å². The molecule has 0 spiro atoms. The molecule has 134 valence electrons. The van der Waals surface area contributed by atoms with Gasteiger partial charge >= 0.3 is 0 Å². The molecular weight excluding hydrogens is 346 g/mol. The average molecular weight is 367 g/mol. The number of aromatic nitrogens is 4. The van der Waals surface area contributed by atoms with Crippen molar-refractivity contribution in [3.8, 4) is 11.4 Å². The van der Waals surface area contributed by atoms with Gasteiger partial charge in [-0.05, 0) is 30.7 Å². The monoisotopic (exact) mass is 367 g/mol. The number of nitrogens with one attached hydrogen (secondary N) is 1. The van der Waals surface area contributed by atoms with Crippen molar-refractivity contribution in [1.82, 2.24) is 19.7 Å². The third-order valence-electron chi connectivity index (χ3n) is 3.76. The lowest BCUT2D eigenvalue weighted by atomic mass is 10.2. The van der Waals surface area contributed by atoms with Gasteiger partial charge in [-0.15, -0.1) is 10.2 Å². The number of carbonyl (C=O) groups excluding carboxylic acids is 1. The van der Waals surface area contributed by atoms with Gasteiger partial charge in [0.05, 0.1) is 5.75 Å². The second-order valence-corrected chi connectivity index (χ2v) is 6.70. The van der Waals surface area contributed by atoms with Crippen LogP contribution in [-0.4, -0.2) is 31.4 Å². The van der Waals surface area contributed by atoms with Crippen molar-refractivity contribution in [3.05, 3.63) is 54.9 Å². The summed E-state index contributed by atoms with van der Waals surface area (Å²) in [5.41, 5.74) is 1.72. The minimum Gasteiger partial charge on any atom is -0.325 e. The first kappa shape index (κ1) is 18.1. The van der Waals surface area contributed by atoms with E-state index in [1.54, 1.807) is 12.4 Å². The first-order chi connectivity index (χ1) is 12.8. The molecule has 3 rings (SSSR count). The van der Waals surface area contributed by atoms with Crippen LogP contribution in [0.4, 0.5) is 5.69 Å². The molecule has 0 saturated carbocycles. The Balaban J connectivity index is 1.71. The highest BCUT2D eigenvalue weighted by Gasteiger charge is 2.15. The molecule has 0 bridgehead atoms. The number of benzene rings is 1. The van der Waals surface area contributed by atoms with E-state index < -0.39 is 0 Å². The number of hydrogen-bond donors (Lipinski definition) is 1. The Morgan fingerprint density at radius 2 is 2.00 bits per heavy atom. The van der Waals surface area contributed by atoms with Crippen LogP contribution in [0, 0.1) is 0 Å². The fourth-order valence-corrected chi connectivity index (χ4v) is 3.24. The number of unbranched alkanes of at least 4 members (excludes halogenated alkanes) is 1. The van der Waals surface area contributed by atoms with Gasteiger partial charge in [-0.3, -0.25) is 9.78 Å². The molecule has 2 aromatic heterocycles. The summed E-state index contributed by atoms with van der Waals surface area (Å²) in [6.45, 7) is 2.96. The molecule has 1 N–H and O–H groups in total. The zero-order valence-corrected chi connectivity index (χ0v) is 15.4. The van der Waals surface area contributed by atoms with Crippen molar-refractivity contribution in [2.75, 3.05) is 11.1 Å². The fourth-order valence-electron chi connectivity index (χ4n) is 2.47. The number of thioether (sulfide) groups is 1. The van der Waals surface area contributed by atoms with Crippen molar-refractivity contribution in [2.45, 2.75) is 31.5 Å². The van der Waals surface area contributed by atoms with Crippen molar-refractivity contribution in [2.24, 2.45) is 0 Å². The van der Waals surface area contributed by atoms with E-state index >= 15 is 0 Å². The van der Waals surface area contributed by atoms with E-state index in [0.29, 0.717) is 0 Å². The SMILES string of the molecule is CCCCn1c(SCC(=O)Nc2ccccc2)nnc1-c1cccnc1.